The molecule has 6 atom stereocenters. The summed E-state index contributed by atoms with van der Waals surface area (Å²) in [7, 11) is 1.48. The topological polar surface area (TPSA) is 178 Å². The van der Waals surface area contributed by atoms with Crippen LogP contribution in [0.5, 0.6) is 11.5 Å². The Balaban J connectivity index is 1.68. The summed E-state index contributed by atoms with van der Waals surface area (Å²) in [4.78, 5) is 34.2. The summed E-state index contributed by atoms with van der Waals surface area (Å²) in [6.07, 6.45) is 7.01. The predicted molar refractivity (Wildman–Crippen MR) is 218 cm³/mol. The van der Waals surface area contributed by atoms with Gasteiger partial charge in [0.15, 0.2) is 0 Å². The lowest BCUT2D eigenvalue weighted by molar-refractivity contribution is -0.256. The van der Waals surface area contributed by atoms with E-state index in [1.807, 2.05) is 36.4 Å². The van der Waals surface area contributed by atoms with Crippen molar-refractivity contribution in [1.29, 1.82) is 0 Å². The molecule has 2 aliphatic carbocycles. The first kappa shape index (κ1) is 44.9. The maximum Gasteiger partial charge on any atom is 0.412 e. The number of hydrogen-bond acceptors (Lipinski definition) is 12. The standard InChI is InChI=1S/C43H58ClN3O11/c1-3-22-56-43-38(47(18-24-54-25-21-50)42(52)55-23-17-44)28-36(46-53-2)34-26-31(13-7-9-19-48)33(14-8-10-20-49)39(40(34)43)35-27-32(15-16-37(35)58-43)57-41(51)45-29-30-11-5-4-6-12-30/h3-6,11-12,15-16,26-27,31,33,38-40,48-50H,1,7-10,13-14,17-25,28-29H2,2H3,(H,45,51)/t31-,33+,38-,39+,40+,43+/m0/s1. The second-order valence-corrected chi connectivity index (χ2v) is 14.9. The third-order valence-corrected chi connectivity index (χ3v) is 11.1. The van der Waals surface area contributed by atoms with Gasteiger partial charge in [0.2, 0.25) is 5.79 Å². The van der Waals surface area contributed by atoms with E-state index in [4.69, 9.17) is 40.1 Å². The molecule has 1 saturated carbocycles. The minimum atomic E-state index is -1.53. The Bertz CT molecular complexity index is 1690. The number of carbonyl (C=O) groups excluding carboxylic acids is 2. The van der Waals surface area contributed by atoms with E-state index >= 15 is 0 Å². The Morgan fingerprint density at radius 1 is 1.03 bits per heavy atom. The first-order valence-corrected chi connectivity index (χ1v) is 20.7. The van der Waals surface area contributed by atoms with E-state index in [-0.39, 0.29) is 89.4 Å². The molecule has 0 saturated heterocycles. The molecule has 15 heteroatoms. The van der Waals surface area contributed by atoms with Gasteiger partial charge in [0.1, 0.15) is 31.3 Å². The van der Waals surface area contributed by atoms with Gasteiger partial charge in [-0.3, -0.25) is 4.90 Å². The van der Waals surface area contributed by atoms with Gasteiger partial charge in [-0.1, -0.05) is 60.5 Å². The number of unbranched alkanes of at least 4 members (excludes halogenated alkanes) is 2. The molecule has 2 aromatic carbocycles. The molecule has 5 rings (SSSR count). The molecule has 1 heterocycles. The number of aliphatic hydroxyl groups excluding tert-OH is 3. The monoisotopic (exact) mass is 827 g/mol. The molecule has 0 unspecified atom stereocenters. The fourth-order valence-electron chi connectivity index (χ4n) is 8.65. The summed E-state index contributed by atoms with van der Waals surface area (Å²) in [5, 5.41) is 36.5. The number of hydrogen-bond donors (Lipinski definition) is 4. The molecule has 58 heavy (non-hydrogen) atoms. The molecular weight excluding hydrogens is 770 g/mol. The number of amides is 2. The number of carbonyl (C=O) groups is 2. The molecule has 1 fully saturated rings. The quantitative estimate of drug-likeness (QED) is 0.0452. The van der Waals surface area contributed by atoms with Crippen molar-refractivity contribution in [2.45, 2.75) is 69.2 Å². The normalized spacial score (nSPS) is 23.8. The van der Waals surface area contributed by atoms with Crippen LogP contribution in [0.15, 0.2) is 78.0 Å². The van der Waals surface area contributed by atoms with Gasteiger partial charge in [-0.15, -0.1) is 18.2 Å². The van der Waals surface area contributed by atoms with Crippen molar-refractivity contribution < 1.29 is 53.4 Å². The van der Waals surface area contributed by atoms with Crippen LogP contribution in [0.4, 0.5) is 9.59 Å². The number of benzene rings is 2. The smallest absolute Gasteiger partial charge is 0.412 e. The lowest BCUT2D eigenvalue weighted by Crippen LogP contribution is -2.70. The van der Waals surface area contributed by atoms with Gasteiger partial charge in [0.25, 0.3) is 0 Å². The highest BCUT2D eigenvalue weighted by Gasteiger charge is 2.65. The van der Waals surface area contributed by atoms with Gasteiger partial charge in [-0.2, -0.15) is 0 Å². The van der Waals surface area contributed by atoms with Crippen LogP contribution >= 0.6 is 11.6 Å². The zero-order valence-corrected chi connectivity index (χ0v) is 34.0. The van der Waals surface area contributed by atoms with Gasteiger partial charge >= 0.3 is 12.2 Å². The number of alkyl halides is 1. The van der Waals surface area contributed by atoms with Crippen LogP contribution in [0.3, 0.4) is 0 Å². The molecule has 2 amide bonds. The number of oxime groups is 1. The third-order valence-electron chi connectivity index (χ3n) is 11.0. The summed E-state index contributed by atoms with van der Waals surface area (Å²) >= 11 is 5.97. The van der Waals surface area contributed by atoms with Crippen LogP contribution < -0.4 is 14.8 Å². The summed E-state index contributed by atoms with van der Waals surface area (Å²) < 4.78 is 31.2. The van der Waals surface area contributed by atoms with Gasteiger partial charge in [0.05, 0.1) is 43.9 Å². The maximum absolute atomic E-state index is 14.1. The van der Waals surface area contributed by atoms with Gasteiger partial charge < -0.3 is 49.2 Å². The van der Waals surface area contributed by atoms with Crippen molar-refractivity contribution in [1.82, 2.24) is 10.2 Å². The molecule has 0 radical (unpaired) electrons. The second kappa shape index (κ2) is 22.8. The lowest BCUT2D eigenvalue weighted by atomic mass is 9.55. The first-order chi connectivity index (χ1) is 28.3. The van der Waals surface area contributed by atoms with Crippen molar-refractivity contribution >= 4 is 29.5 Å². The zero-order chi connectivity index (χ0) is 41.3. The molecule has 1 aliphatic heterocycles. The van der Waals surface area contributed by atoms with Gasteiger partial charge in [-0.25, -0.2) is 9.59 Å². The Morgan fingerprint density at radius 2 is 1.81 bits per heavy atom. The molecule has 0 spiro atoms. The van der Waals surface area contributed by atoms with Crippen molar-refractivity contribution in [2.75, 3.05) is 65.8 Å². The Kier molecular flexibility index (Phi) is 17.7. The summed E-state index contributed by atoms with van der Waals surface area (Å²) in [6, 6.07) is 14.0. The lowest BCUT2D eigenvalue weighted by Gasteiger charge is -2.59. The fraction of sp³-hybridized carbons (Fsp3) is 0.558. The molecule has 318 valence electrons. The number of halogens is 1. The Hall–Kier alpha value is -4.18. The minimum absolute atomic E-state index is 0.0126. The molecule has 4 N–H and O–H groups in total. The van der Waals surface area contributed by atoms with Crippen molar-refractivity contribution in [3.63, 3.8) is 0 Å². The number of ether oxygens (including phenoxy) is 5. The van der Waals surface area contributed by atoms with E-state index in [0.29, 0.717) is 30.1 Å². The molecule has 0 aromatic heterocycles. The van der Waals surface area contributed by atoms with Crippen LogP contribution in [-0.4, -0.2) is 116 Å². The zero-order valence-electron chi connectivity index (χ0n) is 33.3. The van der Waals surface area contributed by atoms with E-state index in [1.165, 1.54) is 12.0 Å². The summed E-state index contributed by atoms with van der Waals surface area (Å²) in [5.74, 6) is -1.57. The van der Waals surface area contributed by atoms with Crippen LogP contribution in [0.1, 0.15) is 62.0 Å². The number of aliphatic hydroxyl groups is 3. The largest absolute Gasteiger partial charge is 0.459 e. The van der Waals surface area contributed by atoms with E-state index in [0.717, 1.165) is 42.4 Å². The Morgan fingerprint density at radius 3 is 2.52 bits per heavy atom. The van der Waals surface area contributed by atoms with E-state index in [9.17, 15) is 24.9 Å². The van der Waals surface area contributed by atoms with E-state index in [2.05, 4.69) is 23.1 Å². The number of rotatable bonds is 23. The number of allylic oxidation sites excluding steroid dienone is 1. The van der Waals surface area contributed by atoms with E-state index in [1.54, 1.807) is 18.2 Å². The molecule has 3 aliphatic rings. The molecule has 2 aromatic rings. The Labute approximate surface area is 345 Å². The van der Waals surface area contributed by atoms with Gasteiger partial charge in [0, 0.05) is 44.2 Å². The maximum atomic E-state index is 14.1. The van der Waals surface area contributed by atoms with Crippen LogP contribution in [0.2, 0.25) is 0 Å². The minimum Gasteiger partial charge on any atom is -0.459 e. The number of fused-ring (bicyclic) bond motifs is 2. The first-order valence-electron chi connectivity index (χ1n) is 20.1. The highest BCUT2D eigenvalue weighted by molar-refractivity contribution is 6.18. The van der Waals surface area contributed by atoms with Crippen molar-refractivity contribution in [3.05, 3.63) is 84.0 Å². The van der Waals surface area contributed by atoms with Crippen molar-refractivity contribution in [2.24, 2.45) is 22.9 Å². The van der Waals surface area contributed by atoms with Crippen molar-refractivity contribution in [3.8, 4) is 11.5 Å². The summed E-state index contributed by atoms with van der Waals surface area (Å²) in [6.45, 7) is 4.42. The molecule has 0 bridgehead atoms. The second-order valence-electron chi connectivity index (χ2n) is 14.5. The SMILES string of the molecule is C=CCO[C@@]12Oc3ccc(OC(=O)NCc4ccccc4)cc3[C@H]3[C@H](CCCCO)[C@@H](CCCCO)C=C(C(=NOC)C[C@@H]1N(CCOCCO)C(=O)OCCCl)[C@H]32. The highest BCUT2D eigenvalue weighted by Crippen LogP contribution is 2.62. The number of nitrogens with one attached hydrogen (secondary N) is 1. The molecular formula is C43H58ClN3O11. The average Bonchev–Trinajstić information content (AvgIpc) is 3.23. The van der Waals surface area contributed by atoms with Gasteiger partial charge in [-0.05, 0) is 66.9 Å². The highest BCUT2D eigenvalue weighted by atomic mass is 35.5. The van der Waals surface area contributed by atoms with Crippen LogP contribution in [0.25, 0.3) is 0 Å². The van der Waals surface area contributed by atoms with E-state index < -0.39 is 29.9 Å². The summed E-state index contributed by atoms with van der Waals surface area (Å²) in [5.41, 5.74) is 3.17. The number of nitrogens with zero attached hydrogens (tertiary/aromatic N) is 2. The van der Waals surface area contributed by atoms with Crippen LogP contribution in [0, 0.1) is 17.8 Å². The van der Waals surface area contributed by atoms with Crippen LogP contribution in [-0.2, 0) is 25.6 Å². The average molecular weight is 828 g/mol. The molecule has 14 nitrogen and oxygen atoms in total. The fourth-order valence-corrected chi connectivity index (χ4v) is 8.73. The predicted octanol–water partition coefficient (Wildman–Crippen LogP) is 5.92. The third kappa shape index (κ3) is 10.9.